The molecule has 1 amide bonds. The van der Waals surface area contributed by atoms with Crippen molar-refractivity contribution in [1.82, 2.24) is 15.1 Å². The third-order valence-electron chi connectivity index (χ3n) is 5.13. The van der Waals surface area contributed by atoms with Crippen molar-refractivity contribution < 1.29 is 4.79 Å². The summed E-state index contributed by atoms with van der Waals surface area (Å²) in [6.07, 6.45) is 6.24. The molecule has 28 heavy (non-hydrogen) atoms. The Morgan fingerprint density at radius 3 is 2.75 bits per heavy atom. The van der Waals surface area contributed by atoms with Gasteiger partial charge in [-0.2, -0.15) is 9.78 Å². The zero-order valence-electron chi connectivity index (χ0n) is 16.3. The molecule has 1 unspecified atom stereocenters. The molecule has 1 aromatic carbocycles. The predicted octanol–water partition coefficient (Wildman–Crippen LogP) is 4.37. The van der Waals surface area contributed by atoms with E-state index in [-0.39, 0.29) is 16.7 Å². The van der Waals surface area contributed by atoms with Crippen molar-refractivity contribution in [2.24, 2.45) is 5.92 Å². The quantitative estimate of drug-likeness (QED) is 0.706. The standard InChI is InChI=1S/C21H26ClN3O2S/c1-14-8-9-17(12-18(14)22)25-20(26)11-10-19(24-25)28-15(2)21(27)23-13-16-6-4-3-5-7-16/h8-12,15-16H,3-7,13H2,1-2H3,(H,23,27). The summed E-state index contributed by atoms with van der Waals surface area (Å²) < 4.78 is 1.32. The minimum absolute atomic E-state index is 0.00787. The minimum atomic E-state index is -0.288. The van der Waals surface area contributed by atoms with Crippen molar-refractivity contribution in [2.45, 2.75) is 56.2 Å². The SMILES string of the molecule is Cc1ccc(-n2nc(SC(C)C(=O)NCC3CCCCC3)ccc2=O)cc1Cl. The number of nitrogens with zero attached hydrogens (tertiary/aromatic N) is 2. The van der Waals surface area contributed by atoms with Crippen LogP contribution in [0.3, 0.4) is 0 Å². The molecular formula is C21H26ClN3O2S. The third kappa shape index (κ3) is 5.39. The summed E-state index contributed by atoms with van der Waals surface area (Å²) in [5.74, 6) is 0.606. The number of aromatic nitrogens is 2. The Hall–Kier alpha value is -1.79. The molecule has 150 valence electrons. The smallest absolute Gasteiger partial charge is 0.271 e. The Balaban J connectivity index is 1.65. The minimum Gasteiger partial charge on any atom is -0.355 e. The first-order valence-corrected chi connectivity index (χ1v) is 11.0. The average Bonchev–Trinajstić information content (AvgIpc) is 2.70. The van der Waals surface area contributed by atoms with Crippen LogP contribution in [0.1, 0.15) is 44.6 Å². The highest BCUT2D eigenvalue weighted by molar-refractivity contribution is 8.00. The first-order valence-electron chi connectivity index (χ1n) is 9.75. The fourth-order valence-corrected chi connectivity index (χ4v) is 4.37. The van der Waals surface area contributed by atoms with E-state index in [0.717, 1.165) is 12.1 Å². The van der Waals surface area contributed by atoms with Gasteiger partial charge < -0.3 is 5.32 Å². The maximum atomic E-state index is 12.4. The summed E-state index contributed by atoms with van der Waals surface area (Å²) in [5.41, 5.74) is 1.31. The molecule has 3 rings (SSSR count). The second-order valence-electron chi connectivity index (χ2n) is 7.36. The largest absolute Gasteiger partial charge is 0.355 e. The Kier molecular flexibility index (Phi) is 7.18. The molecule has 0 bridgehead atoms. The lowest BCUT2D eigenvalue weighted by Crippen LogP contribution is -2.35. The highest BCUT2D eigenvalue weighted by Gasteiger charge is 2.19. The van der Waals surface area contributed by atoms with E-state index in [4.69, 9.17) is 11.6 Å². The zero-order chi connectivity index (χ0) is 20.1. The van der Waals surface area contributed by atoms with Gasteiger partial charge in [-0.1, -0.05) is 48.7 Å². The molecule has 1 saturated carbocycles. The molecule has 5 nitrogen and oxygen atoms in total. The van der Waals surface area contributed by atoms with E-state index in [2.05, 4.69) is 10.4 Å². The van der Waals surface area contributed by atoms with Crippen molar-refractivity contribution in [2.75, 3.05) is 6.54 Å². The van der Waals surface area contributed by atoms with Gasteiger partial charge in [0, 0.05) is 17.6 Å². The van der Waals surface area contributed by atoms with E-state index < -0.39 is 0 Å². The van der Waals surface area contributed by atoms with Gasteiger partial charge in [0.2, 0.25) is 5.91 Å². The summed E-state index contributed by atoms with van der Waals surface area (Å²) >= 11 is 7.53. The lowest BCUT2D eigenvalue weighted by atomic mass is 9.89. The Morgan fingerprint density at radius 1 is 1.29 bits per heavy atom. The fourth-order valence-electron chi connectivity index (χ4n) is 3.37. The topological polar surface area (TPSA) is 64.0 Å². The van der Waals surface area contributed by atoms with Gasteiger partial charge >= 0.3 is 0 Å². The molecule has 1 fully saturated rings. The van der Waals surface area contributed by atoms with Crippen LogP contribution in [0, 0.1) is 12.8 Å². The van der Waals surface area contributed by atoms with Gasteiger partial charge in [0.25, 0.3) is 5.56 Å². The van der Waals surface area contributed by atoms with Crippen molar-refractivity contribution in [3.05, 3.63) is 51.3 Å². The van der Waals surface area contributed by atoms with Gasteiger partial charge in [-0.3, -0.25) is 9.59 Å². The van der Waals surface area contributed by atoms with Crippen LogP contribution in [0.4, 0.5) is 0 Å². The third-order valence-corrected chi connectivity index (χ3v) is 6.57. The van der Waals surface area contributed by atoms with Crippen LogP contribution in [-0.4, -0.2) is 27.5 Å². The van der Waals surface area contributed by atoms with Gasteiger partial charge in [-0.15, -0.1) is 0 Å². The van der Waals surface area contributed by atoms with Crippen LogP contribution in [0.25, 0.3) is 5.69 Å². The summed E-state index contributed by atoms with van der Waals surface area (Å²) in [5, 5.41) is 8.40. The van der Waals surface area contributed by atoms with E-state index in [9.17, 15) is 9.59 Å². The molecule has 1 aromatic heterocycles. The molecule has 0 spiro atoms. The maximum absolute atomic E-state index is 12.4. The van der Waals surface area contributed by atoms with E-state index in [1.54, 1.807) is 12.1 Å². The lowest BCUT2D eigenvalue weighted by Gasteiger charge is -2.22. The van der Waals surface area contributed by atoms with Gasteiger partial charge in [0.1, 0.15) is 5.03 Å². The molecule has 1 aliphatic carbocycles. The van der Waals surface area contributed by atoms with Crippen LogP contribution in [-0.2, 0) is 4.79 Å². The Bertz CT molecular complexity index is 893. The van der Waals surface area contributed by atoms with Crippen LogP contribution >= 0.6 is 23.4 Å². The van der Waals surface area contributed by atoms with Crippen molar-refractivity contribution in [3.8, 4) is 5.69 Å². The number of nitrogens with one attached hydrogen (secondary N) is 1. The summed E-state index contributed by atoms with van der Waals surface area (Å²) in [6.45, 7) is 4.52. The number of hydrogen-bond acceptors (Lipinski definition) is 4. The number of thioether (sulfide) groups is 1. The molecule has 1 heterocycles. The molecule has 1 aliphatic rings. The van der Waals surface area contributed by atoms with Crippen LogP contribution < -0.4 is 10.9 Å². The zero-order valence-corrected chi connectivity index (χ0v) is 17.9. The number of rotatable bonds is 6. The normalized spacial score (nSPS) is 16.0. The van der Waals surface area contributed by atoms with E-state index in [1.165, 1.54) is 54.6 Å². The number of carbonyl (C=O) groups is 1. The lowest BCUT2D eigenvalue weighted by molar-refractivity contribution is -0.120. The monoisotopic (exact) mass is 419 g/mol. The molecule has 7 heteroatoms. The van der Waals surface area contributed by atoms with Gasteiger partial charge in [-0.25, -0.2) is 0 Å². The summed E-state index contributed by atoms with van der Waals surface area (Å²) in [4.78, 5) is 24.7. The molecule has 0 radical (unpaired) electrons. The number of hydrogen-bond donors (Lipinski definition) is 1. The summed E-state index contributed by atoms with van der Waals surface area (Å²) in [6, 6.07) is 8.51. The second kappa shape index (κ2) is 9.61. The van der Waals surface area contributed by atoms with Crippen molar-refractivity contribution >= 4 is 29.3 Å². The highest BCUT2D eigenvalue weighted by Crippen LogP contribution is 2.24. The maximum Gasteiger partial charge on any atom is 0.271 e. The highest BCUT2D eigenvalue weighted by atomic mass is 35.5. The first kappa shape index (κ1) is 20.9. The van der Waals surface area contributed by atoms with Gasteiger partial charge in [-0.05, 0) is 56.4 Å². The molecule has 1 atom stereocenters. The summed E-state index contributed by atoms with van der Waals surface area (Å²) in [7, 11) is 0. The van der Waals surface area contributed by atoms with Gasteiger partial charge in [0.15, 0.2) is 0 Å². The second-order valence-corrected chi connectivity index (χ2v) is 9.13. The predicted molar refractivity (Wildman–Crippen MR) is 114 cm³/mol. The Morgan fingerprint density at radius 2 is 2.04 bits per heavy atom. The van der Waals surface area contributed by atoms with Crippen molar-refractivity contribution in [1.29, 1.82) is 0 Å². The molecule has 0 aliphatic heterocycles. The number of amides is 1. The van der Waals surface area contributed by atoms with Crippen LogP contribution in [0.15, 0.2) is 40.2 Å². The molecule has 1 N–H and O–H groups in total. The van der Waals surface area contributed by atoms with E-state index >= 15 is 0 Å². The van der Waals surface area contributed by atoms with Crippen LogP contribution in [0.2, 0.25) is 5.02 Å². The van der Waals surface area contributed by atoms with E-state index in [0.29, 0.717) is 21.7 Å². The number of aryl methyl sites for hydroxylation is 1. The molecule has 2 aromatic rings. The fraction of sp³-hybridized carbons (Fsp3) is 0.476. The molecular weight excluding hydrogens is 394 g/mol. The Labute approximate surface area is 174 Å². The number of halogens is 1. The van der Waals surface area contributed by atoms with Crippen molar-refractivity contribution in [3.63, 3.8) is 0 Å². The molecule has 0 saturated heterocycles. The number of carbonyl (C=O) groups excluding carboxylic acids is 1. The van der Waals surface area contributed by atoms with Crippen LogP contribution in [0.5, 0.6) is 0 Å². The average molecular weight is 420 g/mol. The van der Waals surface area contributed by atoms with Gasteiger partial charge in [0.05, 0.1) is 10.9 Å². The first-order chi connectivity index (χ1) is 13.4. The number of benzene rings is 1. The van der Waals surface area contributed by atoms with E-state index in [1.807, 2.05) is 26.0 Å².